The summed E-state index contributed by atoms with van der Waals surface area (Å²) in [6, 6.07) is 54.5. The van der Waals surface area contributed by atoms with Crippen LogP contribution in [-0.2, 0) is 0 Å². The van der Waals surface area contributed by atoms with Crippen LogP contribution in [0, 0.1) is 5.92 Å². The molecular weight excluding hydrogens is 474 g/mol. The normalized spacial score (nSPS) is 26.0. The summed E-state index contributed by atoms with van der Waals surface area (Å²) < 4.78 is 0. The van der Waals surface area contributed by atoms with Crippen molar-refractivity contribution in [2.24, 2.45) is 10.9 Å². The lowest BCUT2D eigenvalue weighted by atomic mass is 9.73. The lowest BCUT2D eigenvalue weighted by Gasteiger charge is -2.56. The second-order valence-electron chi connectivity index (χ2n) is 10.4. The number of benzene rings is 5. The number of rotatable bonds is 5. The maximum absolute atomic E-state index is 5.64. The molecule has 0 radical (unpaired) electrons. The van der Waals surface area contributed by atoms with Gasteiger partial charge in [0.05, 0.1) is 11.9 Å². The predicted octanol–water partition coefficient (Wildman–Crippen LogP) is 7.89. The summed E-state index contributed by atoms with van der Waals surface area (Å²) in [5, 5.41) is 4.13. The SMILES string of the molecule is c1ccc(C2=N[C@H](c3ccccc3)N3[C@H](c4ccccc4)N[C@@H](c4ccccc4)[C@@H]2[C@@H]3c2ccccc2)cc1. The van der Waals surface area contributed by atoms with Crippen LogP contribution in [0.25, 0.3) is 0 Å². The lowest BCUT2D eigenvalue weighted by molar-refractivity contribution is -0.0257. The Bertz CT molecular complexity index is 1540. The van der Waals surface area contributed by atoms with Gasteiger partial charge in [0, 0.05) is 18.0 Å². The van der Waals surface area contributed by atoms with Crippen LogP contribution in [0.5, 0.6) is 0 Å². The molecule has 2 aliphatic rings. The van der Waals surface area contributed by atoms with E-state index in [0.717, 1.165) is 5.71 Å². The smallest absolute Gasteiger partial charge is 0.130 e. The van der Waals surface area contributed by atoms with Crippen molar-refractivity contribution in [2.75, 3.05) is 0 Å². The van der Waals surface area contributed by atoms with Gasteiger partial charge in [0.1, 0.15) is 6.17 Å². The van der Waals surface area contributed by atoms with Gasteiger partial charge in [0.15, 0.2) is 0 Å². The largest absolute Gasteiger partial charge is 0.290 e. The average molecular weight is 506 g/mol. The van der Waals surface area contributed by atoms with E-state index in [1.54, 1.807) is 0 Å². The molecule has 190 valence electrons. The molecule has 0 aromatic heterocycles. The summed E-state index contributed by atoms with van der Waals surface area (Å²) in [4.78, 5) is 8.24. The quantitative estimate of drug-likeness (QED) is 0.263. The predicted molar refractivity (Wildman–Crippen MR) is 158 cm³/mol. The number of aliphatic imine (C=N–C) groups is 1. The highest BCUT2D eigenvalue weighted by molar-refractivity contribution is 6.04. The summed E-state index contributed by atoms with van der Waals surface area (Å²) in [7, 11) is 0. The Hall–Kier alpha value is -4.31. The molecule has 0 saturated carbocycles. The molecule has 1 N–H and O–H groups in total. The third kappa shape index (κ3) is 4.40. The highest BCUT2D eigenvalue weighted by Gasteiger charge is 2.52. The van der Waals surface area contributed by atoms with Gasteiger partial charge < -0.3 is 0 Å². The van der Waals surface area contributed by atoms with Crippen LogP contribution in [0.3, 0.4) is 0 Å². The van der Waals surface area contributed by atoms with Gasteiger partial charge in [-0.1, -0.05) is 152 Å². The van der Waals surface area contributed by atoms with Crippen molar-refractivity contribution in [2.45, 2.75) is 24.4 Å². The fraction of sp³-hybridized carbons (Fsp3) is 0.139. The van der Waals surface area contributed by atoms with Gasteiger partial charge in [-0.2, -0.15) is 0 Å². The van der Waals surface area contributed by atoms with Crippen LogP contribution in [0.4, 0.5) is 0 Å². The summed E-state index contributed by atoms with van der Waals surface area (Å²) >= 11 is 0. The Morgan fingerprint density at radius 2 is 0.949 bits per heavy atom. The van der Waals surface area contributed by atoms with E-state index in [-0.39, 0.29) is 30.3 Å². The molecule has 0 spiro atoms. The highest BCUT2D eigenvalue weighted by Crippen LogP contribution is 2.54. The van der Waals surface area contributed by atoms with Crippen molar-refractivity contribution in [3.63, 3.8) is 0 Å². The van der Waals surface area contributed by atoms with Gasteiger partial charge in [0.2, 0.25) is 0 Å². The summed E-state index contributed by atoms with van der Waals surface area (Å²) in [5.74, 6) is 0.108. The van der Waals surface area contributed by atoms with Gasteiger partial charge in [-0.3, -0.25) is 15.2 Å². The lowest BCUT2D eigenvalue weighted by Crippen LogP contribution is -2.58. The minimum absolute atomic E-state index is 0.0239. The van der Waals surface area contributed by atoms with Crippen molar-refractivity contribution < 1.29 is 0 Å². The second kappa shape index (κ2) is 10.5. The fourth-order valence-electron chi connectivity index (χ4n) is 6.42. The highest BCUT2D eigenvalue weighted by atomic mass is 15.4. The molecule has 5 aromatic carbocycles. The number of fused-ring (bicyclic) bond motifs is 2. The molecule has 0 aliphatic carbocycles. The van der Waals surface area contributed by atoms with Gasteiger partial charge in [-0.05, 0) is 27.8 Å². The van der Waals surface area contributed by atoms with Crippen LogP contribution in [0.2, 0.25) is 0 Å². The number of nitrogens with zero attached hydrogens (tertiary/aromatic N) is 2. The van der Waals surface area contributed by atoms with Gasteiger partial charge in [0.25, 0.3) is 0 Å². The summed E-state index contributed by atoms with van der Waals surface area (Å²) in [6.45, 7) is 0. The molecule has 1 fully saturated rings. The van der Waals surface area contributed by atoms with Crippen molar-refractivity contribution >= 4 is 5.71 Å². The van der Waals surface area contributed by atoms with E-state index >= 15 is 0 Å². The first kappa shape index (κ1) is 23.8. The zero-order valence-corrected chi connectivity index (χ0v) is 21.7. The third-order valence-electron chi connectivity index (χ3n) is 8.10. The number of hydrogen-bond donors (Lipinski definition) is 1. The maximum atomic E-state index is 5.64. The van der Waals surface area contributed by atoms with Crippen molar-refractivity contribution in [1.29, 1.82) is 0 Å². The molecule has 1 saturated heterocycles. The number of nitrogens with one attached hydrogen (secondary N) is 1. The molecule has 2 aliphatic heterocycles. The molecule has 3 nitrogen and oxygen atoms in total. The zero-order chi connectivity index (χ0) is 26.0. The fourth-order valence-corrected chi connectivity index (χ4v) is 6.42. The average Bonchev–Trinajstić information content (AvgIpc) is 3.03. The van der Waals surface area contributed by atoms with Crippen LogP contribution in [0.15, 0.2) is 157 Å². The van der Waals surface area contributed by atoms with Crippen LogP contribution in [0.1, 0.15) is 52.2 Å². The minimum atomic E-state index is -0.141. The Labute approximate surface area is 230 Å². The molecular formula is C36H31N3. The number of hydrogen-bond acceptors (Lipinski definition) is 3. The molecule has 39 heavy (non-hydrogen) atoms. The topological polar surface area (TPSA) is 27.6 Å². The second-order valence-corrected chi connectivity index (χ2v) is 10.4. The zero-order valence-electron chi connectivity index (χ0n) is 21.7. The third-order valence-corrected chi connectivity index (χ3v) is 8.10. The van der Waals surface area contributed by atoms with Crippen LogP contribution >= 0.6 is 0 Å². The summed E-state index contributed by atoms with van der Waals surface area (Å²) in [6.07, 6.45) is -0.165. The molecule has 2 bridgehead atoms. The van der Waals surface area contributed by atoms with Crippen molar-refractivity contribution in [3.05, 3.63) is 179 Å². The van der Waals surface area contributed by atoms with E-state index in [1.807, 2.05) is 0 Å². The Morgan fingerprint density at radius 1 is 0.487 bits per heavy atom. The molecule has 5 aromatic rings. The molecule has 7 rings (SSSR count). The van der Waals surface area contributed by atoms with Crippen molar-refractivity contribution in [3.8, 4) is 0 Å². The van der Waals surface area contributed by atoms with Gasteiger partial charge in [-0.25, -0.2) is 0 Å². The first-order valence-electron chi connectivity index (χ1n) is 13.7. The van der Waals surface area contributed by atoms with E-state index < -0.39 is 0 Å². The monoisotopic (exact) mass is 505 g/mol. The van der Waals surface area contributed by atoms with E-state index in [9.17, 15) is 0 Å². The Kier molecular flexibility index (Phi) is 6.37. The first-order valence-corrected chi connectivity index (χ1v) is 13.7. The van der Waals surface area contributed by atoms with E-state index in [0.29, 0.717) is 0 Å². The van der Waals surface area contributed by atoms with Gasteiger partial charge >= 0.3 is 0 Å². The maximum Gasteiger partial charge on any atom is 0.130 e. The first-order chi connectivity index (χ1) is 19.4. The van der Waals surface area contributed by atoms with Crippen LogP contribution < -0.4 is 5.32 Å². The Balaban J connectivity index is 1.52. The molecule has 2 heterocycles. The van der Waals surface area contributed by atoms with E-state index in [1.165, 1.54) is 27.8 Å². The molecule has 0 amide bonds. The molecule has 6 atom stereocenters. The van der Waals surface area contributed by atoms with Crippen molar-refractivity contribution in [1.82, 2.24) is 10.2 Å². The van der Waals surface area contributed by atoms with Crippen LogP contribution in [-0.4, -0.2) is 10.6 Å². The van der Waals surface area contributed by atoms with Gasteiger partial charge in [-0.15, -0.1) is 0 Å². The molecule has 1 unspecified atom stereocenters. The van der Waals surface area contributed by atoms with E-state index in [4.69, 9.17) is 4.99 Å². The Morgan fingerprint density at radius 3 is 1.51 bits per heavy atom. The standard InChI is InChI=1S/C36H31N3/c1-6-16-26(17-7-1)32-31-33(27-18-8-2-9-19-27)38-36(30-24-14-5-15-25-30)39(34(31)28-20-10-3-11-21-28)35(37-32)29-22-12-4-13-23-29/h1-25,31-32,34-37H/t31-,32-,34-,35+,36-/m0/s1. The summed E-state index contributed by atoms with van der Waals surface area (Å²) in [5.41, 5.74) is 7.39. The van der Waals surface area contributed by atoms with E-state index in [2.05, 4.69) is 162 Å². The minimum Gasteiger partial charge on any atom is -0.290 e. The molecule has 3 heteroatoms.